The zero-order valence-electron chi connectivity index (χ0n) is 29.9. The second kappa shape index (κ2) is 14.4. The molecule has 1 aliphatic heterocycles. The molecule has 2 aromatic heterocycles. The van der Waals surface area contributed by atoms with E-state index in [0.717, 1.165) is 18.4 Å². The summed E-state index contributed by atoms with van der Waals surface area (Å²) in [6.45, 7) is 17.2. The van der Waals surface area contributed by atoms with Crippen molar-refractivity contribution in [1.29, 1.82) is 0 Å². The van der Waals surface area contributed by atoms with Gasteiger partial charge in [0.1, 0.15) is 23.1 Å². The number of hydrogen-bond donors (Lipinski definition) is 3. The Morgan fingerprint density at radius 1 is 1.16 bits per heavy atom. The third kappa shape index (κ3) is 9.06. The predicted octanol–water partition coefficient (Wildman–Crippen LogP) is 6.10. The summed E-state index contributed by atoms with van der Waals surface area (Å²) < 4.78 is 22.7. The highest BCUT2D eigenvalue weighted by atomic mass is 19.1. The molecule has 1 aliphatic rings. The molecule has 0 unspecified atom stereocenters. The van der Waals surface area contributed by atoms with Gasteiger partial charge in [0.05, 0.1) is 18.2 Å². The van der Waals surface area contributed by atoms with Gasteiger partial charge in [-0.25, -0.2) is 14.2 Å². The number of aliphatic carboxylic acids is 1. The summed E-state index contributed by atoms with van der Waals surface area (Å²) in [7, 11) is 0. The van der Waals surface area contributed by atoms with E-state index in [-0.39, 0.29) is 23.7 Å². The molecule has 1 fully saturated rings. The number of benzene rings is 1. The van der Waals surface area contributed by atoms with Crippen LogP contribution in [0.25, 0.3) is 5.65 Å². The van der Waals surface area contributed by atoms with Crippen LogP contribution in [0.2, 0.25) is 0 Å². The quantitative estimate of drug-likeness (QED) is 0.217. The van der Waals surface area contributed by atoms with Gasteiger partial charge in [0.2, 0.25) is 0 Å². The Morgan fingerprint density at radius 3 is 2.51 bits per heavy atom. The van der Waals surface area contributed by atoms with Crippen molar-refractivity contribution >= 4 is 40.9 Å². The van der Waals surface area contributed by atoms with Crippen LogP contribution in [0, 0.1) is 23.1 Å². The van der Waals surface area contributed by atoms with Gasteiger partial charge in [-0.05, 0) is 98.8 Å². The highest BCUT2D eigenvalue weighted by Gasteiger charge is 2.40. The number of halogens is 1. The molecular formula is C36H48FN7O5. The number of carboxylic acid groups (broad SMARTS) is 1. The van der Waals surface area contributed by atoms with Gasteiger partial charge in [-0.1, -0.05) is 12.8 Å². The van der Waals surface area contributed by atoms with Gasteiger partial charge in [0.15, 0.2) is 5.65 Å². The molecule has 0 spiro atoms. The SMILES string of the molecule is CC#CC(=O)Nc1ccc(F)c(CN(C(=O)OC(C)(C)C)c2cc(N[C@H]3CCC(C)(C)N(CC(C)(C)C(=O)O)C3)nc3c(CC)cnn23)c1. The van der Waals surface area contributed by atoms with Crippen molar-refractivity contribution < 1.29 is 28.6 Å². The first-order valence-electron chi connectivity index (χ1n) is 16.5. The van der Waals surface area contributed by atoms with Crippen LogP contribution in [0.3, 0.4) is 0 Å². The third-order valence-corrected chi connectivity index (χ3v) is 8.59. The number of ether oxygens (including phenoxy) is 1. The number of carbonyl (C=O) groups excluding carboxylic acids is 2. The van der Waals surface area contributed by atoms with E-state index in [4.69, 9.17) is 9.72 Å². The summed E-state index contributed by atoms with van der Waals surface area (Å²) >= 11 is 0. The number of aryl methyl sites for hydroxylation is 1. The van der Waals surface area contributed by atoms with E-state index in [1.807, 2.05) is 6.92 Å². The Bertz CT molecular complexity index is 1780. The van der Waals surface area contributed by atoms with E-state index < -0.39 is 34.8 Å². The molecule has 3 N–H and O–H groups in total. The highest BCUT2D eigenvalue weighted by Crippen LogP contribution is 2.33. The molecule has 49 heavy (non-hydrogen) atoms. The molecule has 13 heteroatoms. The van der Waals surface area contributed by atoms with Crippen LogP contribution in [0.1, 0.15) is 86.3 Å². The fraction of sp³-hybridized carbons (Fsp3) is 0.528. The number of hydrogen-bond acceptors (Lipinski definition) is 8. The third-order valence-electron chi connectivity index (χ3n) is 8.59. The Balaban J connectivity index is 1.77. The molecule has 0 bridgehead atoms. The van der Waals surface area contributed by atoms with Crippen LogP contribution >= 0.6 is 0 Å². The maximum Gasteiger partial charge on any atom is 0.416 e. The minimum absolute atomic E-state index is 0.0765. The van der Waals surface area contributed by atoms with Gasteiger partial charge in [-0.2, -0.15) is 9.61 Å². The lowest BCUT2D eigenvalue weighted by atomic mass is 9.84. The Hall–Kier alpha value is -4.70. The van der Waals surface area contributed by atoms with Crippen molar-refractivity contribution in [1.82, 2.24) is 19.5 Å². The van der Waals surface area contributed by atoms with Crippen molar-refractivity contribution in [2.24, 2.45) is 5.41 Å². The molecule has 0 aliphatic carbocycles. The van der Waals surface area contributed by atoms with E-state index in [1.165, 1.54) is 30.0 Å². The molecular weight excluding hydrogens is 629 g/mol. The van der Waals surface area contributed by atoms with Crippen LogP contribution in [0.5, 0.6) is 0 Å². The molecule has 2 amide bonds. The van der Waals surface area contributed by atoms with Gasteiger partial charge in [-0.3, -0.25) is 19.4 Å². The normalized spacial score (nSPS) is 16.4. The van der Waals surface area contributed by atoms with Crippen LogP contribution in [0.4, 0.5) is 26.5 Å². The predicted molar refractivity (Wildman–Crippen MR) is 187 cm³/mol. The van der Waals surface area contributed by atoms with E-state index in [1.54, 1.807) is 51.4 Å². The standard InChI is InChI=1S/C36H48FN7O5/c1-10-12-29(45)40-25-13-14-27(37)24(17-25)20-43(33(48)49-34(3,4)5)30-18-28(41-31-23(11-2)19-38-44(30)31)39-26-15-16-36(8,9)42(21-26)22-35(6,7)32(46)47/h13-14,17-19,26H,11,15-16,20-22H2,1-9H3,(H,39,41)(H,40,45)(H,46,47)/t26-/m0/s1. The topological polar surface area (TPSA) is 141 Å². The number of aromatic nitrogens is 3. The molecule has 12 nitrogen and oxygen atoms in total. The van der Waals surface area contributed by atoms with Crippen LogP contribution in [0.15, 0.2) is 30.5 Å². The number of likely N-dealkylation sites (tertiary alicyclic amines) is 1. The van der Waals surface area contributed by atoms with Gasteiger partial charge in [-0.15, -0.1) is 0 Å². The number of carbonyl (C=O) groups is 3. The van der Waals surface area contributed by atoms with Crippen molar-refractivity contribution in [3.8, 4) is 11.8 Å². The molecule has 0 saturated carbocycles. The molecule has 0 radical (unpaired) electrons. The maximum absolute atomic E-state index is 15.4. The summed E-state index contributed by atoms with van der Waals surface area (Å²) in [6.07, 6.45) is 3.21. The van der Waals surface area contributed by atoms with Crippen LogP contribution in [-0.4, -0.2) is 72.8 Å². The zero-order valence-corrected chi connectivity index (χ0v) is 29.9. The lowest BCUT2D eigenvalue weighted by Gasteiger charge is -2.48. The fourth-order valence-electron chi connectivity index (χ4n) is 5.72. The highest BCUT2D eigenvalue weighted by molar-refractivity contribution is 6.04. The monoisotopic (exact) mass is 677 g/mol. The number of carboxylic acids is 1. The Kier molecular flexibility index (Phi) is 10.9. The first kappa shape index (κ1) is 37.1. The van der Waals surface area contributed by atoms with Crippen LogP contribution in [-0.2, 0) is 27.3 Å². The van der Waals surface area contributed by atoms with Crippen molar-refractivity contribution in [2.45, 2.75) is 105 Å². The minimum Gasteiger partial charge on any atom is -0.481 e. The molecule has 3 heterocycles. The number of nitrogens with zero attached hydrogens (tertiary/aromatic N) is 5. The number of rotatable bonds is 10. The van der Waals surface area contributed by atoms with Gasteiger partial charge < -0.3 is 20.5 Å². The van der Waals surface area contributed by atoms with Crippen molar-refractivity contribution in [3.05, 3.63) is 47.4 Å². The largest absolute Gasteiger partial charge is 0.481 e. The number of fused-ring (bicyclic) bond motifs is 1. The Labute approximate surface area is 287 Å². The molecule has 1 aromatic carbocycles. The maximum atomic E-state index is 15.4. The minimum atomic E-state index is -0.941. The molecule has 4 rings (SSSR count). The lowest BCUT2D eigenvalue weighted by molar-refractivity contribution is -0.149. The van der Waals surface area contributed by atoms with Crippen molar-refractivity contribution in [2.75, 3.05) is 28.6 Å². The second-order valence-electron chi connectivity index (χ2n) is 14.7. The first-order valence-corrected chi connectivity index (χ1v) is 16.5. The van der Waals surface area contributed by atoms with E-state index in [9.17, 15) is 19.5 Å². The van der Waals surface area contributed by atoms with Gasteiger partial charge >= 0.3 is 12.1 Å². The first-order chi connectivity index (χ1) is 22.8. The molecule has 3 aromatic rings. The number of piperidine rings is 1. The lowest BCUT2D eigenvalue weighted by Crippen LogP contribution is -2.57. The van der Waals surface area contributed by atoms with Crippen LogP contribution < -0.4 is 15.5 Å². The summed E-state index contributed by atoms with van der Waals surface area (Å²) in [5, 5.41) is 20.5. The number of nitrogens with one attached hydrogen (secondary N) is 2. The fourth-order valence-corrected chi connectivity index (χ4v) is 5.72. The van der Waals surface area contributed by atoms with E-state index in [2.05, 4.69) is 46.3 Å². The summed E-state index contributed by atoms with van der Waals surface area (Å²) in [5.74, 6) is 3.72. The van der Waals surface area contributed by atoms with E-state index in [0.29, 0.717) is 42.5 Å². The molecule has 264 valence electrons. The summed E-state index contributed by atoms with van der Waals surface area (Å²) in [5.41, 5.74) is -0.198. The molecule has 1 atom stereocenters. The average Bonchev–Trinajstić information content (AvgIpc) is 3.41. The van der Waals surface area contributed by atoms with E-state index >= 15 is 4.39 Å². The average molecular weight is 678 g/mol. The Morgan fingerprint density at radius 2 is 1.88 bits per heavy atom. The summed E-state index contributed by atoms with van der Waals surface area (Å²) in [6, 6.07) is 5.71. The number of amides is 2. The number of anilines is 3. The zero-order chi connectivity index (χ0) is 36.3. The van der Waals surface area contributed by atoms with Crippen molar-refractivity contribution in [3.63, 3.8) is 0 Å². The van der Waals surface area contributed by atoms with Gasteiger partial charge in [0.25, 0.3) is 5.91 Å². The molecule has 1 saturated heterocycles. The summed E-state index contributed by atoms with van der Waals surface area (Å²) in [4.78, 5) is 46.4. The second-order valence-corrected chi connectivity index (χ2v) is 14.7. The van der Waals surface area contributed by atoms with Gasteiger partial charge in [0, 0.05) is 47.6 Å². The smallest absolute Gasteiger partial charge is 0.416 e.